The molecule has 1 aromatic rings. The molecule has 18 heavy (non-hydrogen) atoms. The van der Waals surface area contributed by atoms with E-state index in [0.29, 0.717) is 12.2 Å². The van der Waals surface area contributed by atoms with Crippen LogP contribution in [0.5, 0.6) is 0 Å². The number of hydrogen-bond donors (Lipinski definition) is 1. The molecule has 1 N–H and O–H groups in total. The summed E-state index contributed by atoms with van der Waals surface area (Å²) in [4.78, 5) is 23.3. The van der Waals surface area contributed by atoms with Crippen LogP contribution in [0.1, 0.15) is 26.0 Å². The quantitative estimate of drug-likeness (QED) is 0.780. The van der Waals surface area contributed by atoms with Gasteiger partial charge in [-0.1, -0.05) is 13.8 Å². The van der Waals surface area contributed by atoms with Crippen LogP contribution < -0.4 is 5.32 Å². The Hall–Kier alpha value is -1.78. The Morgan fingerprint density at radius 3 is 2.67 bits per heavy atom. The van der Waals surface area contributed by atoms with Crippen molar-refractivity contribution in [2.75, 3.05) is 7.11 Å². The number of amides is 1. The van der Waals surface area contributed by atoms with E-state index in [1.807, 2.05) is 13.8 Å². The molecule has 100 valence electrons. The summed E-state index contributed by atoms with van der Waals surface area (Å²) in [6.45, 7) is 3.96. The van der Waals surface area contributed by atoms with Gasteiger partial charge in [0.25, 0.3) is 0 Å². The molecule has 1 amide bonds. The lowest BCUT2D eigenvalue weighted by Gasteiger charge is -2.17. The van der Waals surface area contributed by atoms with Crippen LogP contribution in [0.25, 0.3) is 0 Å². The summed E-state index contributed by atoms with van der Waals surface area (Å²) in [7, 11) is 1.31. The van der Waals surface area contributed by atoms with E-state index in [2.05, 4.69) is 10.1 Å². The van der Waals surface area contributed by atoms with Crippen molar-refractivity contribution >= 4 is 11.9 Å². The van der Waals surface area contributed by atoms with Gasteiger partial charge in [-0.15, -0.1) is 0 Å². The van der Waals surface area contributed by atoms with E-state index in [0.717, 1.165) is 0 Å². The first-order chi connectivity index (χ1) is 8.52. The van der Waals surface area contributed by atoms with Gasteiger partial charge in [0, 0.05) is 0 Å². The number of methoxy groups -OCH3 is 1. The molecule has 0 saturated heterocycles. The van der Waals surface area contributed by atoms with Crippen LogP contribution in [0.15, 0.2) is 22.8 Å². The Balaban J connectivity index is 2.54. The molecule has 5 heteroatoms. The van der Waals surface area contributed by atoms with Crippen molar-refractivity contribution in [1.82, 2.24) is 5.32 Å². The van der Waals surface area contributed by atoms with E-state index in [9.17, 15) is 9.59 Å². The van der Waals surface area contributed by atoms with E-state index in [1.54, 1.807) is 12.1 Å². The number of ether oxygens (including phenoxy) is 1. The highest BCUT2D eigenvalue weighted by Gasteiger charge is 2.22. The maximum Gasteiger partial charge on any atom is 0.328 e. The molecule has 1 heterocycles. The average molecular weight is 253 g/mol. The second-order valence-corrected chi connectivity index (χ2v) is 4.53. The lowest BCUT2D eigenvalue weighted by molar-refractivity contribution is -0.145. The number of esters is 1. The predicted octanol–water partition coefficient (Wildman–Crippen LogP) is 1.53. The number of hydrogen-bond acceptors (Lipinski definition) is 4. The zero-order chi connectivity index (χ0) is 13.5. The zero-order valence-electron chi connectivity index (χ0n) is 10.9. The van der Waals surface area contributed by atoms with E-state index < -0.39 is 12.0 Å². The van der Waals surface area contributed by atoms with Crippen molar-refractivity contribution < 1.29 is 18.7 Å². The molecule has 1 rings (SSSR count). The smallest absolute Gasteiger partial charge is 0.328 e. The number of nitrogens with one attached hydrogen (secondary N) is 1. The van der Waals surface area contributed by atoms with E-state index >= 15 is 0 Å². The lowest BCUT2D eigenvalue weighted by atomic mass is 10.0. The standard InChI is InChI=1S/C13H19NO4/c1-9(2)7-11(13(16)17-3)14-12(15)8-10-5-4-6-18-10/h4-6,9,11H,7-8H2,1-3H3,(H,14,15). The summed E-state index contributed by atoms with van der Waals surface area (Å²) in [5, 5.41) is 2.66. The number of rotatable bonds is 6. The Morgan fingerprint density at radius 1 is 1.44 bits per heavy atom. The highest BCUT2D eigenvalue weighted by Crippen LogP contribution is 2.07. The van der Waals surface area contributed by atoms with E-state index in [1.165, 1.54) is 13.4 Å². The van der Waals surface area contributed by atoms with Crippen molar-refractivity contribution in [2.24, 2.45) is 5.92 Å². The Labute approximate surface area is 106 Å². The molecular weight excluding hydrogens is 234 g/mol. The Bertz CT molecular complexity index is 384. The van der Waals surface area contributed by atoms with Crippen LogP contribution >= 0.6 is 0 Å². The first kappa shape index (κ1) is 14.3. The maximum atomic E-state index is 11.7. The third kappa shape index (κ3) is 4.61. The van der Waals surface area contributed by atoms with Gasteiger partial charge in [-0.2, -0.15) is 0 Å². The molecule has 0 bridgehead atoms. The first-order valence-electron chi connectivity index (χ1n) is 5.92. The van der Waals surface area contributed by atoms with Gasteiger partial charge in [0.05, 0.1) is 19.8 Å². The molecule has 1 atom stereocenters. The second kappa shape index (κ2) is 6.83. The summed E-state index contributed by atoms with van der Waals surface area (Å²) >= 11 is 0. The topological polar surface area (TPSA) is 68.5 Å². The van der Waals surface area contributed by atoms with Crippen LogP contribution in [-0.2, 0) is 20.7 Å². The average Bonchev–Trinajstić information content (AvgIpc) is 2.79. The largest absolute Gasteiger partial charge is 0.469 e. The third-order valence-electron chi connectivity index (χ3n) is 2.44. The fourth-order valence-electron chi connectivity index (χ4n) is 1.64. The van der Waals surface area contributed by atoms with Crippen molar-refractivity contribution in [1.29, 1.82) is 0 Å². The fraction of sp³-hybridized carbons (Fsp3) is 0.538. The minimum atomic E-state index is -0.600. The van der Waals surface area contributed by atoms with Crippen molar-refractivity contribution in [3.05, 3.63) is 24.2 Å². The zero-order valence-corrected chi connectivity index (χ0v) is 10.9. The van der Waals surface area contributed by atoms with Gasteiger partial charge >= 0.3 is 5.97 Å². The Kier molecular flexibility index (Phi) is 5.42. The molecule has 1 unspecified atom stereocenters. The van der Waals surface area contributed by atoms with Crippen LogP contribution in [0.4, 0.5) is 0 Å². The van der Waals surface area contributed by atoms with Gasteiger partial charge in [-0.05, 0) is 24.5 Å². The van der Waals surface area contributed by atoms with Crippen LogP contribution in [0.3, 0.4) is 0 Å². The monoisotopic (exact) mass is 253 g/mol. The van der Waals surface area contributed by atoms with Gasteiger partial charge in [0.1, 0.15) is 11.8 Å². The first-order valence-corrected chi connectivity index (χ1v) is 5.92. The Morgan fingerprint density at radius 2 is 2.17 bits per heavy atom. The number of carbonyl (C=O) groups is 2. The van der Waals surface area contributed by atoms with Crippen molar-refractivity contribution in [3.63, 3.8) is 0 Å². The fourth-order valence-corrected chi connectivity index (χ4v) is 1.64. The highest BCUT2D eigenvalue weighted by molar-refractivity contribution is 5.85. The molecular formula is C13H19NO4. The molecule has 0 aromatic carbocycles. The minimum absolute atomic E-state index is 0.124. The normalized spacial score (nSPS) is 12.2. The molecule has 1 aromatic heterocycles. The molecule has 5 nitrogen and oxygen atoms in total. The molecule has 0 fully saturated rings. The SMILES string of the molecule is COC(=O)C(CC(C)C)NC(=O)Cc1ccco1. The van der Waals surface area contributed by atoms with E-state index in [4.69, 9.17) is 4.42 Å². The van der Waals surface area contributed by atoms with Crippen LogP contribution in [-0.4, -0.2) is 25.0 Å². The molecule has 0 aliphatic carbocycles. The molecule has 0 spiro atoms. The summed E-state index contributed by atoms with van der Waals surface area (Å²) in [6.07, 6.45) is 2.18. The maximum absolute atomic E-state index is 11.7. The minimum Gasteiger partial charge on any atom is -0.469 e. The summed E-state index contributed by atoms with van der Waals surface area (Å²) in [5.41, 5.74) is 0. The molecule has 0 aliphatic rings. The number of furan rings is 1. The second-order valence-electron chi connectivity index (χ2n) is 4.53. The number of carbonyl (C=O) groups excluding carboxylic acids is 2. The summed E-state index contributed by atoms with van der Waals surface area (Å²) < 4.78 is 9.75. The van der Waals surface area contributed by atoms with Gasteiger partial charge < -0.3 is 14.5 Å². The lowest BCUT2D eigenvalue weighted by Crippen LogP contribution is -2.43. The molecule has 0 radical (unpaired) electrons. The van der Waals surface area contributed by atoms with Gasteiger partial charge in [0.2, 0.25) is 5.91 Å². The van der Waals surface area contributed by atoms with Crippen LogP contribution in [0.2, 0.25) is 0 Å². The van der Waals surface area contributed by atoms with Gasteiger partial charge in [-0.3, -0.25) is 4.79 Å². The summed E-state index contributed by atoms with van der Waals surface area (Å²) in [6, 6.07) is 2.83. The molecule has 0 saturated carbocycles. The molecule has 0 aliphatic heterocycles. The summed E-state index contributed by atoms with van der Waals surface area (Å²) in [5.74, 6) is 0.191. The van der Waals surface area contributed by atoms with Crippen molar-refractivity contribution in [2.45, 2.75) is 32.7 Å². The van der Waals surface area contributed by atoms with Gasteiger partial charge in [0.15, 0.2) is 0 Å². The van der Waals surface area contributed by atoms with Gasteiger partial charge in [-0.25, -0.2) is 4.79 Å². The van der Waals surface area contributed by atoms with Crippen molar-refractivity contribution in [3.8, 4) is 0 Å². The van der Waals surface area contributed by atoms with Crippen LogP contribution in [0, 0.1) is 5.92 Å². The predicted molar refractivity (Wildman–Crippen MR) is 65.8 cm³/mol. The highest BCUT2D eigenvalue weighted by atomic mass is 16.5. The third-order valence-corrected chi connectivity index (χ3v) is 2.44. The van der Waals surface area contributed by atoms with E-state index in [-0.39, 0.29) is 18.2 Å².